The summed E-state index contributed by atoms with van der Waals surface area (Å²) in [5.74, 6) is -1.66. The van der Waals surface area contributed by atoms with Crippen molar-refractivity contribution in [3.63, 3.8) is 0 Å². The largest absolute Gasteiger partial charge is 0.480 e. The Balaban J connectivity index is 1.90. The second-order valence-electron chi connectivity index (χ2n) is 6.28. The predicted octanol–water partition coefficient (Wildman–Crippen LogP) is -0.312. The molecule has 3 rings (SSSR count). The highest BCUT2D eigenvalue weighted by molar-refractivity contribution is 7.95. The van der Waals surface area contributed by atoms with E-state index in [-0.39, 0.29) is 36.3 Å². The highest BCUT2D eigenvalue weighted by Crippen LogP contribution is 2.44. The van der Waals surface area contributed by atoms with Gasteiger partial charge in [-0.1, -0.05) is 6.42 Å². The molecule has 0 amide bonds. The summed E-state index contributed by atoms with van der Waals surface area (Å²) in [6, 6.07) is -1.02. The normalized spacial score (nSPS) is 39.4. The fourth-order valence-electron chi connectivity index (χ4n) is 4.02. The monoisotopic (exact) mass is 337 g/mol. The zero-order valence-electron chi connectivity index (χ0n) is 11.5. The van der Waals surface area contributed by atoms with E-state index in [4.69, 9.17) is 0 Å². The molecule has 120 valence electrons. The number of carbonyl (C=O) groups is 1. The maximum absolute atomic E-state index is 12.7. The van der Waals surface area contributed by atoms with Gasteiger partial charge in [0.25, 0.3) is 0 Å². The Kier molecular flexibility index (Phi) is 3.57. The average Bonchev–Trinajstić information content (AvgIpc) is 3.00. The number of hydrogen-bond acceptors (Lipinski definition) is 5. The van der Waals surface area contributed by atoms with E-state index in [9.17, 15) is 26.7 Å². The SMILES string of the molecule is O=C(O)C1C2CCCC2CN1S(=O)(=O)C1CCS(=O)(=O)C1. The number of sulfone groups is 1. The number of carboxylic acids is 1. The maximum Gasteiger partial charge on any atom is 0.322 e. The van der Waals surface area contributed by atoms with Crippen molar-refractivity contribution >= 4 is 25.8 Å². The molecular formula is C12H19NO6S2. The summed E-state index contributed by atoms with van der Waals surface area (Å²) in [4.78, 5) is 11.5. The quantitative estimate of drug-likeness (QED) is 0.756. The van der Waals surface area contributed by atoms with E-state index in [1.165, 1.54) is 0 Å². The first-order chi connectivity index (χ1) is 9.72. The molecule has 9 heteroatoms. The minimum atomic E-state index is -3.87. The lowest BCUT2D eigenvalue weighted by Gasteiger charge is -2.26. The predicted molar refractivity (Wildman–Crippen MR) is 74.9 cm³/mol. The fraction of sp³-hybridized carbons (Fsp3) is 0.917. The van der Waals surface area contributed by atoms with Gasteiger partial charge in [0, 0.05) is 6.54 Å². The molecule has 3 aliphatic rings. The van der Waals surface area contributed by atoms with Gasteiger partial charge in [-0.05, 0) is 31.1 Å². The van der Waals surface area contributed by atoms with Crippen LogP contribution in [0.3, 0.4) is 0 Å². The topological polar surface area (TPSA) is 109 Å². The van der Waals surface area contributed by atoms with Crippen LogP contribution in [-0.2, 0) is 24.7 Å². The van der Waals surface area contributed by atoms with Crippen molar-refractivity contribution in [2.45, 2.75) is 37.0 Å². The fourth-order valence-corrected chi connectivity index (χ4v) is 8.79. The summed E-state index contributed by atoms with van der Waals surface area (Å²) in [6.07, 6.45) is 2.59. The summed E-state index contributed by atoms with van der Waals surface area (Å²) in [6.45, 7) is 0.223. The molecule has 4 atom stereocenters. The van der Waals surface area contributed by atoms with E-state index in [0.29, 0.717) is 0 Å². The number of hydrogen-bond donors (Lipinski definition) is 1. The number of fused-ring (bicyclic) bond motifs is 1. The van der Waals surface area contributed by atoms with Gasteiger partial charge in [0.15, 0.2) is 9.84 Å². The van der Waals surface area contributed by atoms with Crippen molar-refractivity contribution in [3.8, 4) is 0 Å². The molecular weight excluding hydrogens is 318 g/mol. The molecule has 7 nitrogen and oxygen atoms in total. The lowest BCUT2D eigenvalue weighted by atomic mass is 9.94. The van der Waals surface area contributed by atoms with E-state index in [1.807, 2.05) is 0 Å². The molecule has 0 spiro atoms. The van der Waals surface area contributed by atoms with E-state index in [1.54, 1.807) is 0 Å². The lowest BCUT2D eigenvalue weighted by Crippen LogP contribution is -2.47. The van der Waals surface area contributed by atoms with Gasteiger partial charge in [0.05, 0.1) is 16.8 Å². The molecule has 3 fully saturated rings. The molecule has 0 radical (unpaired) electrons. The van der Waals surface area contributed by atoms with Gasteiger partial charge in [0.1, 0.15) is 6.04 Å². The molecule has 0 aromatic carbocycles. The van der Waals surface area contributed by atoms with Crippen molar-refractivity contribution in [1.82, 2.24) is 4.31 Å². The van der Waals surface area contributed by atoms with E-state index in [0.717, 1.165) is 23.6 Å². The van der Waals surface area contributed by atoms with Gasteiger partial charge in [-0.25, -0.2) is 16.8 Å². The Bertz CT molecular complexity index is 655. The molecule has 0 bridgehead atoms. The molecule has 1 aliphatic carbocycles. The minimum Gasteiger partial charge on any atom is -0.480 e. The third-order valence-corrected chi connectivity index (χ3v) is 9.29. The van der Waals surface area contributed by atoms with Crippen molar-refractivity contribution in [3.05, 3.63) is 0 Å². The zero-order chi connectivity index (χ0) is 15.4. The molecule has 1 N–H and O–H groups in total. The van der Waals surface area contributed by atoms with Crippen LogP contribution < -0.4 is 0 Å². The van der Waals surface area contributed by atoms with E-state index < -0.39 is 37.1 Å². The van der Waals surface area contributed by atoms with Gasteiger partial charge in [-0.3, -0.25) is 4.79 Å². The molecule has 0 aromatic rings. The van der Waals surface area contributed by atoms with Crippen LogP contribution in [0.1, 0.15) is 25.7 Å². The molecule has 2 saturated heterocycles. The van der Waals surface area contributed by atoms with Crippen LogP contribution in [0.4, 0.5) is 0 Å². The number of carboxylic acid groups (broad SMARTS) is 1. The van der Waals surface area contributed by atoms with Gasteiger partial charge < -0.3 is 5.11 Å². The first kappa shape index (κ1) is 15.2. The third kappa shape index (κ3) is 2.49. The van der Waals surface area contributed by atoms with E-state index >= 15 is 0 Å². The smallest absolute Gasteiger partial charge is 0.322 e. The van der Waals surface area contributed by atoms with Crippen LogP contribution in [0, 0.1) is 11.8 Å². The summed E-state index contributed by atoms with van der Waals surface area (Å²) >= 11 is 0. The van der Waals surface area contributed by atoms with Gasteiger partial charge in [0.2, 0.25) is 10.0 Å². The van der Waals surface area contributed by atoms with Crippen molar-refractivity contribution in [2.75, 3.05) is 18.1 Å². The van der Waals surface area contributed by atoms with Crippen LogP contribution in [0.25, 0.3) is 0 Å². The Hall–Kier alpha value is -0.670. The molecule has 0 aromatic heterocycles. The van der Waals surface area contributed by atoms with Crippen molar-refractivity contribution < 1.29 is 26.7 Å². The van der Waals surface area contributed by atoms with Crippen LogP contribution in [-0.4, -0.2) is 61.6 Å². The summed E-state index contributed by atoms with van der Waals surface area (Å²) < 4.78 is 49.4. The Morgan fingerprint density at radius 2 is 1.90 bits per heavy atom. The van der Waals surface area contributed by atoms with Crippen molar-refractivity contribution in [1.29, 1.82) is 0 Å². The van der Waals surface area contributed by atoms with Crippen LogP contribution >= 0.6 is 0 Å². The first-order valence-electron chi connectivity index (χ1n) is 7.16. The number of rotatable bonds is 3. The molecule has 21 heavy (non-hydrogen) atoms. The number of aliphatic carboxylic acids is 1. The zero-order valence-corrected chi connectivity index (χ0v) is 13.1. The number of sulfonamides is 1. The second-order valence-corrected chi connectivity index (χ2v) is 10.7. The Morgan fingerprint density at radius 3 is 2.48 bits per heavy atom. The van der Waals surface area contributed by atoms with Crippen LogP contribution in [0.5, 0.6) is 0 Å². The standard InChI is InChI=1S/C12H19NO6S2/c14-12(15)11-10-3-1-2-8(10)6-13(11)21(18,19)9-4-5-20(16,17)7-9/h8-11H,1-7H2,(H,14,15). The summed E-state index contributed by atoms with van der Waals surface area (Å²) in [5.41, 5.74) is 0. The van der Waals surface area contributed by atoms with Crippen LogP contribution in [0.15, 0.2) is 0 Å². The van der Waals surface area contributed by atoms with Gasteiger partial charge in [-0.2, -0.15) is 4.31 Å². The highest BCUT2D eigenvalue weighted by atomic mass is 32.2. The van der Waals surface area contributed by atoms with Gasteiger partial charge in [-0.15, -0.1) is 0 Å². The number of nitrogens with zero attached hydrogens (tertiary/aromatic N) is 1. The van der Waals surface area contributed by atoms with Crippen molar-refractivity contribution in [2.24, 2.45) is 11.8 Å². The molecule has 2 aliphatic heterocycles. The Labute approximate surface area is 124 Å². The summed E-state index contributed by atoms with van der Waals surface area (Å²) in [5, 5.41) is 8.43. The summed E-state index contributed by atoms with van der Waals surface area (Å²) in [7, 11) is -7.19. The van der Waals surface area contributed by atoms with Gasteiger partial charge >= 0.3 is 5.97 Å². The highest BCUT2D eigenvalue weighted by Gasteiger charge is 2.54. The molecule has 1 saturated carbocycles. The van der Waals surface area contributed by atoms with E-state index in [2.05, 4.69) is 0 Å². The van der Waals surface area contributed by atoms with Crippen LogP contribution in [0.2, 0.25) is 0 Å². The third-order valence-electron chi connectivity index (χ3n) is 5.04. The lowest BCUT2D eigenvalue weighted by molar-refractivity contribution is -0.142. The maximum atomic E-state index is 12.7. The second kappa shape index (κ2) is 4.92. The molecule has 4 unspecified atom stereocenters. The average molecular weight is 337 g/mol. The minimum absolute atomic E-state index is 0.0723. The Morgan fingerprint density at radius 1 is 1.19 bits per heavy atom. The first-order valence-corrected chi connectivity index (χ1v) is 10.5. The molecule has 2 heterocycles.